The molecule has 3 unspecified atom stereocenters. The average molecular weight is 1010 g/mol. The normalized spacial score (nSPS) is 24.5. The molecular formula is C56H64F4N8O5. The van der Waals surface area contributed by atoms with Crippen LogP contribution in [0.1, 0.15) is 114 Å². The number of ether oxygens (including phenoxy) is 2. The number of aromatic hydroxyl groups is 1. The Morgan fingerprint density at radius 3 is 2.19 bits per heavy atom. The minimum absolute atomic E-state index is 0.0195. The third-order valence-electron chi connectivity index (χ3n) is 17.7. The molecule has 2 saturated carbocycles. The summed E-state index contributed by atoms with van der Waals surface area (Å²) in [7, 11) is 0. The molecule has 2 amide bonds. The first-order valence-electron chi connectivity index (χ1n) is 26.7. The van der Waals surface area contributed by atoms with Crippen molar-refractivity contribution in [3.63, 3.8) is 0 Å². The number of nitrogens with one attached hydrogen (secondary N) is 2. The highest BCUT2D eigenvalue weighted by Crippen LogP contribution is 2.49. The number of amides is 2. The molecule has 73 heavy (non-hydrogen) atoms. The molecule has 386 valence electrons. The lowest BCUT2D eigenvalue weighted by Gasteiger charge is -2.47. The molecule has 7 fully saturated rings. The number of aromatic nitrogens is 3. The van der Waals surface area contributed by atoms with E-state index >= 15 is 17.6 Å². The predicted octanol–water partition coefficient (Wildman–Crippen LogP) is 9.00. The van der Waals surface area contributed by atoms with E-state index in [1.54, 1.807) is 18.3 Å². The Balaban J connectivity index is 0.662. The van der Waals surface area contributed by atoms with E-state index < -0.39 is 41.0 Å². The molecule has 3 atom stereocenters. The highest BCUT2D eigenvalue weighted by Gasteiger charge is 2.46. The van der Waals surface area contributed by atoms with Gasteiger partial charge in [-0.1, -0.05) is 13.0 Å². The van der Waals surface area contributed by atoms with Crippen LogP contribution in [0.4, 0.5) is 29.1 Å². The fourth-order valence-corrected chi connectivity index (χ4v) is 13.3. The molecule has 7 heterocycles. The summed E-state index contributed by atoms with van der Waals surface area (Å²) in [5.41, 5.74) is 1.16. The van der Waals surface area contributed by atoms with E-state index in [2.05, 4.69) is 25.4 Å². The van der Waals surface area contributed by atoms with Crippen molar-refractivity contribution in [2.45, 2.75) is 133 Å². The first kappa shape index (κ1) is 48.3. The van der Waals surface area contributed by atoms with Crippen molar-refractivity contribution in [3.8, 4) is 23.0 Å². The Labute approximate surface area is 422 Å². The lowest BCUT2D eigenvalue weighted by molar-refractivity contribution is -0.134. The van der Waals surface area contributed by atoms with Crippen LogP contribution >= 0.6 is 0 Å². The third-order valence-corrected chi connectivity index (χ3v) is 17.7. The minimum atomic E-state index is -1.01. The summed E-state index contributed by atoms with van der Waals surface area (Å²) in [6.45, 7) is 7.87. The number of carbonyl (C=O) groups is 2. The molecule has 17 heteroatoms. The van der Waals surface area contributed by atoms with E-state index in [-0.39, 0.29) is 64.4 Å². The van der Waals surface area contributed by atoms with E-state index in [4.69, 9.17) is 19.4 Å². The van der Waals surface area contributed by atoms with Crippen molar-refractivity contribution in [1.82, 2.24) is 30.5 Å². The highest BCUT2D eigenvalue weighted by molar-refractivity contribution is 6.02. The zero-order valence-electron chi connectivity index (χ0n) is 41.5. The lowest BCUT2D eigenvalue weighted by atomic mass is 9.67. The number of hydrogen-bond donors (Lipinski definition) is 3. The van der Waals surface area contributed by atoms with Crippen molar-refractivity contribution in [2.24, 2.45) is 10.8 Å². The number of aryl methyl sites for hydroxylation is 1. The molecule has 3 N–H and O–H groups in total. The number of rotatable bonds is 12. The van der Waals surface area contributed by atoms with Gasteiger partial charge in [-0.3, -0.25) is 19.9 Å². The number of fused-ring (bicyclic) bond motifs is 4. The van der Waals surface area contributed by atoms with Crippen LogP contribution in [0.2, 0.25) is 0 Å². The van der Waals surface area contributed by atoms with Gasteiger partial charge in [0.25, 0.3) is 0 Å². The fourth-order valence-electron chi connectivity index (χ4n) is 13.3. The van der Waals surface area contributed by atoms with Gasteiger partial charge in [-0.05, 0) is 142 Å². The van der Waals surface area contributed by atoms with Crippen LogP contribution in [-0.2, 0) is 20.7 Å². The number of carbonyl (C=O) groups excluding carboxylic acids is 2. The van der Waals surface area contributed by atoms with Gasteiger partial charge in [-0.25, -0.2) is 17.6 Å². The second-order valence-corrected chi connectivity index (χ2v) is 22.4. The molecule has 3 aromatic carbocycles. The molecule has 12 rings (SSSR count). The molecule has 5 aliphatic heterocycles. The summed E-state index contributed by atoms with van der Waals surface area (Å²) >= 11 is 0. The molecule has 5 saturated heterocycles. The smallest absolute Gasteiger partial charge is 0.319 e. The molecular weight excluding hydrogens is 941 g/mol. The van der Waals surface area contributed by atoms with Crippen molar-refractivity contribution in [3.05, 3.63) is 77.0 Å². The number of benzene rings is 3. The predicted molar refractivity (Wildman–Crippen MR) is 269 cm³/mol. The molecule has 7 aliphatic rings. The van der Waals surface area contributed by atoms with Crippen molar-refractivity contribution < 1.29 is 41.7 Å². The van der Waals surface area contributed by atoms with Crippen LogP contribution in [0.25, 0.3) is 32.9 Å². The number of hydrogen-bond acceptors (Lipinski definition) is 12. The third kappa shape index (κ3) is 9.47. The second-order valence-electron chi connectivity index (χ2n) is 22.4. The van der Waals surface area contributed by atoms with E-state index in [9.17, 15) is 14.7 Å². The SMILES string of the molecule is CCc1c(F)ccc2cc(O)cc(-c3ncc4c(N5CC6CCC(C5)N6)nc(OCC5(CN6CCC(OC7CCC8(CC7)CCN(c7cc(F)c(C9CCC(=O)NC9=O)c(F)c7)CC8)CC6)CC5)nc4c3F)c12. The van der Waals surface area contributed by atoms with Crippen LogP contribution < -0.4 is 25.2 Å². The Kier molecular flexibility index (Phi) is 12.7. The van der Waals surface area contributed by atoms with Crippen LogP contribution in [0.3, 0.4) is 0 Å². The van der Waals surface area contributed by atoms with E-state index in [1.807, 2.05) is 11.8 Å². The number of imide groups is 1. The van der Waals surface area contributed by atoms with Crippen LogP contribution in [-0.4, -0.2) is 113 Å². The van der Waals surface area contributed by atoms with Crippen molar-refractivity contribution in [1.29, 1.82) is 0 Å². The number of halogens is 4. The zero-order chi connectivity index (χ0) is 50.2. The van der Waals surface area contributed by atoms with Crippen molar-refractivity contribution >= 4 is 45.0 Å². The molecule has 2 aromatic heterocycles. The van der Waals surface area contributed by atoms with E-state index in [1.165, 1.54) is 24.3 Å². The fraction of sp³-hybridized carbons (Fsp3) is 0.554. The summed E-state index contributed by atoms with van der Waals surface area (Å²) in [5.74, 6) is -4.11. The molecule has 2 aliphatic carbocycles. The number of piperidine rings is 3. The topological polar surface area (TPSA) is 145 Å². The van der Waals surface area contributed by atoms with Gasteiger partial charge in [0.2, 0.25) is 11.8 Å². The van der Waals surface area contributed by atoms with Gasteiger partial charge in [0.1, 0.15) is 40.2 Å². The Hall–Kier alpha value is -5.65. The quantitative estimate of drug-likeness (QED) is 0.0811. The number of likely N-dealkylation sites (tertiary alicyclic amines) is 1. The maximum absolute atomic E-state index is 17.2. The molecule has 0 radical (unpaired) electrons. The van der Waals surface area contributed by atoms with E-state index in [0.29, 0.717) is 77.0 Å². The van der Waals surface area contributed by atoms with Crippen molar-refractivity contribution in [2.75, 3.05) is 62.2 Å². The molecule has 2 bridgehead atoms. The van der Waals surface area contributed by atoms with Gasteiger partial charge in [0.15, 0.2) is 5.82 Å². The van der Waals surface area contributed by atoms with Gasteiger partial charge >= 0.3 is 6.01 Å². The summed E-state index contributed by atoms with van der Waals surface area (Å²) in [5, 5.41) is 18.2. The number of phenols is 1. The Morgan fingerprint density at radius 1 is 0.795 bits per heavy atom. The van der Waals surface area contributed by atoms with Gasteiger partial charge < -0.3 is 34.6 Å². The average Bonchev–Trinajstić information content (AvgIpc) is 4.07. The largest absolute Gasteiger partial charge is 0.508 e. The summed E-state index contributed by atoms with van der Waals surface area (Å²) in [6, 6.07) is 9.38. The van der Waals surface area contributed by atoms with Gasteiger partial charge in [0.05, 0.1) is 30.1 Å². The molecule has 13 nitrogen and oxygen atoms in total. The molecule has 1 spiro atoms. The second kappa shape index (κ2) is 19.2. The van der Waals surface area contributed by atoms with Crippen LogP contribution in [0.5, 0.6) is 11.8 Å². The molecule has 5 aromatic rings. The minimum Gasteiger partial charge on any atom is -0.508 e. The van der Waals surface area contributed by atoms with Gasteiger partial charge in [-0.15, -0.1) is 0 Å². The van der Waals surface area contributed by atoms with Crippen LogP contribution in [0, 0.1) is 34.1 Å². The number of pyridine rings is 1. The number of phenolic OH excluding ortho intramolecular Hbond substituents is 1. The first-order chi connectivity index (χ1) is 35.3. The summed E-state index contributed by atoms with van der Waals surface area (Å²) < 4.78 is 76.4. The number of piperazine rings is 1. The highest BCUT2D eigenvalue weighted by atomic mass is 19.1. The number of anilines is 2. The number of nitrogens with zero attached hydrogens (tertiary/aromatic N) is 6. The standard InChI is InChI=1S/C56H64F4N8O5/c1-2-39-43(57)7-3-32-23-36(69)26-41(47(32)39)50-49(60)51-42(27-61-50)52(68-28-33-4-5-34(29-68)62-33)65-54(64-51)72-31-56(15-16-56)30-66-19-11-38(12-20-66)73-37-9-13-55(14-10-37)17-21-67(22-18-55)35-24-44(58)48(45(59)25-35)40-6-8-46(70)63-53(40)71/h3,7,23-27,33-34,37-38,40,62,69H,2,4-6,8-22,28-31H2,1H3,(H,63,70,71). The first-order valence-corrected chi connectivity index (χ1v) is 26.7. The van der Waals surface area contributed by atoms with E-state index in [0.717, 1.165) is 110 Å². The maximum atomic E-state index is 17.2. The zero-order valence-corrected chi connectivity index (χ0v) is 41.5. The van der Waals surface area contributed by atoms with Gasteiger partial charge in [0, 0.05) is 92.7 Å². The monoisotopic (exact) mass is 1000 g/mol. The summed E-state index contributed by atoms with van der Waals surface area (Å²) in [6.07, 6.45) is 14.7. The lowest BCUT2D eigenvalue weighted by Crippen LogP contribution is -2.51. The maximum Gasteiger partial charge on any atom is 0.319 e. The Bertz CT molecular complexity index is 2930. The Morgan fingerprint density at radius 2 is 1.51 bits per heavy atom. The van der Waals surface area contributed by atoms with Gasteiger partial charge in [-0.2, -0.15) is 9.97 Å². The summed E-state index contributed by atoms with van der Waals surface area (Å²) in [4.78, 5) is 45.1. The van der Waals surface area contributed by atoms with Crippen LogP contribution in [0.15, 0.2) is 42.6 Å².